The summed E-state index contributed by atoms with van der Waals surface area (Å²) < 4.78 is 2.29. The van der Waals surface area contributed by atoms with Crippen molar-refractivity contribution in [1.29, 1.82) is 0 Å². The normalized spacial score (nSPS) is 11.7. The van der Waals surface area contributed by atoms with E-state index >= 15 is 0 Å². The lowest BCUT2D eigenvalue weighted by Gasteiger charge is -2.13. The van der Waals surface area contributed by atoms with E-state index in [0.29, 0.717) is 0 Å². The van der Waals surface area contributed by atoms with Gasteiger partial charge in [0.1, 0.15) is 5.82 Å². The molecule has 10 rings (SSSR count). The zero-order chi connectivity index (χ0) is 32.3. The smallest absolute Gasteiger partial charge is 0.145 e. The van der Waals surface area contributed by atoms with Crippen molar-refractivity contribution < 1.29 is 0 Å². The van der Waals surface area contributed by atoms with E-state index in [1.807, 2.05) is 0 Å². The van der Waals surface area contributed by atoms with Gasteiger partial charge < -0.3 is 0 Å². The number of hydrogen-bond acceptors (Lipinski definition) is 1. The van der Waals surface area contributed by atoms with Crippen LogP contribution in [0.15, 0.2) is 182 Å². The summed E-state index contributed by atoms with van der Waals surface area (Å²) in [6, 6.07) is 65.6. The fourth-order valence-electron chi connectivity index (χ4n) is 7.66. The summed E-state index contributed by atoms with van der Waals surface area (Å²) in [4.78, 5) is 5.34. The van der Waals surface area contributed by atoms with E-state index in [-0.39, 0.29) is 0 Å². The SMILES string of the molecule is c1ccc(-n2c(-c3ccc(-c4cc5ccccc5c5ccccc45)cc3)nc3cc(-c4cc5ccccc5c5ccccc45)ccc32)cc1. The molecule has 0 amide bonds. The molecule has 0 N–H and O–H groups in total. The largest absolute Gasteiger partial charge is 0.292 e. The van der Waals surface area contributed by atoms with Crippen molar-refractivity contribution in [2.45, 2.75) is 0 Å². The van der Waals surface area contributed by atoms with Gasteiger partial charge in [0, 0.05) is 11.3 Å². The quantitative estimate of drug-likeness (QED) is 0.179. The maximum atomic E-state index is 5.34. The standard InChI is InChI=1S/C47H30N2/c1-2-14-36(15-3-1)49-46-27-26-35(44-29-34-13-5-7-17-38(34)40-19-9-11-21-42(40)44)30-45(46)48-47(49)32-24-22-31(23-25-32)43-28-33-12-4-6-16-37(33)39-18-8-10-20-41(39)43/h1-30H. The molecule has 0 aliphatic heterocycles. The van der Waals surface area contributed by atoms with Crippen LogP contribution in [-0.2, 0) is 0 Å². The molecule has 0 atom stereocenters. The first kappa shape index (κ1) is 27.6. The third-order valence-electron chi connectivity index (χ3n) is 9.97. The van der Waals surface area contributed by atoms with Crippen LogP contribution in [-0.4, -0.2) is 9.55 Å². The van der Waals surface area contributed by atoms with Gasteiger partial charge in [0.25, 0.3) is 0 Å². The Kier molecular flexibility index (Phi) is 6.22. The van der Waals surface area contributed by atoms with Gasteiger partial charge in [0.15, 0.2) is 0 Å². The van der Waals surface area contributed by atoms with Crippen LogP contribution in [0.25, 0.3) is 93.5 Å². The van der Waals surface area contributed by atoms with Crippen LogP contribution in [0, 0.1) is 0 Å². The number of imidazole rings is 1. The van der Waals surface area contributed by atoms with E-state index in [1.54, 1.807) is 0 Å². The second-order valence-corrected chi connectivity index (χ2v) is 12.8. The monoisotopic (exact) mass is 622 g/mol. The lowest BCUT2D eigenvalue weighted by molar-refractivity contribution is 1.10. The first-order chi connectivity index (χ1) is 24.3. The zero-order valence-corrected chi connectivity index (χ0v) is 26.7. The molecular formula is C47H30N2. The Morgan fingerprint density at radius 3 is 1.43 bits per heavy atom. The number of fused-ring (bicyclic) bond motifs is 7. The van der Waals surface area contributed by atoms with Gasteiger partial charge in [-0.3, -0.25) is 4.57 Å². The van der Waals surface area contributed by atoms with E-state index in [2.05, 4.69) is 187 Å². The molecule has 0 unspecified atom stereocenters. The van der Waals surface area contributed by atoms with Crippen molar-refractivity contribution >= 4 is 54.1 Å². The highest BCUT2D eigenvalue weighted by molar-refractivity contribution is 6.15. The molecule has 0 saturated carbocycles. The zero-order valence-electron chi connectivity index (χ0n) is 26.7. The highest BCUT2D eigenvalue weighted by atomic mass is 15.1. The van der Waals surface area contributed by atoms with Crippen LogP contribution >= 0.6 is 0 Å². The van der Waals surface area contributed by atoms with Crippen LogP contribution in [0.5, 0.6) is 0 Å². The molecule has 9 aromatic carbocycles. The van der Waals surface area contributed by atoms with Gasteiger partial charge in [-0.2, -0.15) is 0 Å². The van der Waals surface area contributed by atoms with Crippen molar-refractivity contribution in [2.75, 3.05) is 0 Å². The molecule has 2 nitrogen and oxygen atoms in total. The van der Waals surface area contributed by atoms with Gasteiger partial charge in [-0.1, -0.05) is 146 Å². The first-order valence-corrected chi connectivity index (χ1v) is 16.8. The molecule has 49 heavy (non-hydrogen) atoms. The Morgan fingerprint density at radius 1 is 0.347 bits per heavy atom. The summed E-state index contributed by atoms with van der Waals surface area (Å²) in [7, 11) is 0. The van der Waals surface area contributed by atoms with Crippen LogP contribution in [0.4, 0.5) is 0 Å². The number of hydrogen-bond donors (Lipinski definition) is 0. The fraction of sp³-hybridized carbons (Fsp3) is 0. The number of nitrogens with zero attached hydrogens (tertiary/aromatic N) is 2. The molecule has 0 fully saturated rings. The van der Waals surface area contributed by atoms with Gasteiger partial charge >= 0.3 is 0 Å². The van der Waals surface area contributed by atoms with Gasteiger partial charge in [0.05, 0.1) is 11.0 Å². The summed E-state index contributed by atoms with van der Waals surface area (Å²) in [6.07, 6.45) is 0. The topological polar surface area (TPSA) is 17.8 Å². The summed E-state index contributed by atoms with van der Waals surface area (Å²) >= 11 is 0. The molecule has 10 aromatic rings. The Bertz CT molecular complexity index is 2860. The van der Waals surface area contributed by atoms with Gasteiger partial charge in [0.2, 0.25) is 0 Å². The molecule has 228 valence electrons. The highest BCUT2D eigenvalue weighted by Crippen LogP contribution is 2.39. The van der Waals surface area contributed by atoms with Crippen molar-refractivity contribution in [1.82, 2.24) is 9.55 Å². The summed E-state index contributed by atoms with van der Waals surface area (Å²) in [5, 5.41) is 10.1. The number of para-hydroxylation sites is 1. The summed E-state index contributed by atoms with van der Waals surface area (Å²) in [6.45, 7) is 0. The van der Waals surface area contributed by atoms with Crippen LogP contribution in [0.2, 0.25) is 0 Å². The Labute approximate surface area is 284 Å². The molecule has 0 radical (unpaired) electrons. The molecule has 1 heterocycles. The maximum absolute atomic E-state index is 5.34. The molecule has 0 aliphatic rings. The Balaban J connectivity index is 1.14. The van der Waals surface area contributed by atoms with Gasteiger partial charge in [-0.05, 0) is 102 Å². The predicted octanol–water partition coefficient (Wildman–Crippen LogP) is 12.6. The Morgan fingerprint density at radius 2 is 0.816 bits per heavy atom. The summed E-state index contributed by atoms with van der Waals surface area (Å²) in [5.74, 6) is 0.927. The van der Waals surface area contributed by atoms with Crippen molar-refractivity contribution in [3.05, 3.63) is 182 Å². The lowest BCUT2D eigenvalue weighted by Crippen LogP contribution is -1.97. The lowest BCUT2D eigenvalue weighted by atomic mass is 9.93. The summed E-state index contributed by atoms with van der Waals surface area (Å²) in [5.41, 5.74) is 9.04. The molecule has 2 heteroatoms. The van der Waals surface area contributed by atoms with Crippen LogP contribution in [0.1, 0.15) is 0 Å². The third kappa shape index (κ3) is 4.46. The second-order valence-electron chi connectivity index (χ2n) is 12.8. The van der Waals surface area contributed by atoms with Crippen LogP contribution < -0.4 is 0 Å². The predicted molar refractivity (Wildman–Crippen MR) is 207 cm³/mol. The Hall–Kier alpha value is -6.51. The minimum absolute atomic E-state index is 0.927. The van der Waals surface area contributed by atoms with Crippen molar-refractivity contribution in [3.8, 4) is 39.3 Å². The maximum Gasteiger partial charge on any atom is 0.145 e. The van der Waals surface area contributed by atoms with E-state index in [4.69, 9.17) is 4.98 Å². The molecular weight excluding hydrogens is 593 g/mol. The minimum Gasteiger partial charge on any atom is -0.292 e. The van der Waals surface area contributed by atoms with Crippen LogP contribution in [0.3, 0.4) is 0 Å². The molecule has 0 spiro atoms. The molecule has 0 bridgehead atoms. The van der Waals surface area contributed by atoms with E-state index in [9.17, 15) is 0 Å². The highest BCUT2D eigenvalue weighted by Gasteiger charge is 2.17. The van der Waals surface area contributed by atoms with Crippen molar-refractivity contribution in [3.63, 3.8) is 0 Å². The first-order valence-electron chi connectivity index (χ1n) is 16.8. The van der Waals surface area contributed by atoms with Gasteiger partial charge in [-0.25, -0.2) is 4.98 Å². The second kappa shape index (κ2) is 11.0. The number of aromatic nitrogens is 2. The number of rotatable bonds is 4. The molecule has 0 saturated heterocycles. The fourth-order valence-corrected chi connectivity index (χ4v) is 7.66. The van der Waals surface area contributed by atoms with E-state index < -0.39 is 0 Å². The minimum atomic E-state index is 0.927. The average Bonchev–Trinajstić information content (AvgIpc) is 3.57. The molecule has 1 aromatic heterocycles. The number of benzene rings is 9. The van der Waals surface area contributed by atoms with E-state index in [1.165, 1.54) is 59.8 Å². The average molecular weight is 623 g/mol. The van der Waals surface area contributed by atoms with Crippen molar-refractivity contribution in [2.24, 2.45) is 0 Å². The molecule has 0 aliphatic carbocycles. The third-order valence-corrected chi connectivity index (χ3v) is 9.97. The van der Waals surface area contributed by atoms with Gasteiger partial charge in [-0.15, -0.1) is 0 Å². The van der Waals surface area contributed by atoms with E-state index in [0.717, 1.165) is 33.7 Å².